The molecule has 31 heavy (non-hydrogen) atoms. The summed E-state index contributed by atoms with van der Waals surface area (Å²) in [4.78, 5) is 16.8. The van der Waals surface area contributed by atoms with Gasteiger partial charge in [-0.3, -0.25) is 4.79 Å². The van der Waals surface area contributed by atoms with Gasteiger partial charge in [0.2, 0.25) is 5.91 Å². The fourth-order valence-corrected chi connectivity index (χ4v) is 3.77. The Hall–Kier alpha value is -2.86. The van der Waals surface area contributed by atoms with Crippen LogP contribution in [0.3, 0.4) is 0 Å². The summed E-state index contributed by atoms with van der Waals surface area (Å²) in [6, 6.07) is 12.3. The van der Waals surface area contributed by atoms with E-state index in [4.69, 9.17) is 9.47 Å². The number of ether oxygens (including phenoxy) is 2. The molecule has 1 aliphatic heterocycles. The summed E-state index contributed by atoms with van der Waals surface area (Å²) in [5, 5.41) is 0. The molecule has 0 saturated carbocycles. The number of nitrogens with zero attached hydrogens (tertiary/aromatic N) is 2. The van der Waals surface area contributed by atoms with Gasteiger partial charge in [0.25, 0.3) is 0 Å². The lowest BCUT2D eigenvalue weighted by Gasteiger charge is -2.20. The highest BCUT2D eigenvalue weighted by Crippen LogP contribution is 2.27. The van der Waals surface area contributed by atoms with E-state index in [2.05, 4.69) is 18.0 Å². The predicted molar refractivity (Wildman–Crippen MR) is 121 cm³/mol. The third-order valence-corrected chi connectivity index (χ3v) is 5.62. The van der Waals surface area contributed by atoms with Gasteiger partial charge in [0.1, 0.15) is 5.82 Å². The van der Waals surface area contributed by atoms with E-state index in [1.54, 1.807) is 26.4 Å². The van der Waals surface area contributed by atoms with Crippen LogP contribution in [0.2, 0.25) is 0 Å². The zero-order chi connectivity index (χ0) is 22.2. The van der Waals surface area contributed by atoms with Crippen molar-refractivity contribution in [3.8, 4) is 11.5 Å². The third kappa shape index (κ3) is 6.31. The highest BCUT2D eigenvalue weighted by Gasteiger charge is 2.25. The zero-order valence-corrected chi connectivity index (χ0v) is 18.6. The molecule has 2 aromatic rings. The fraction of sp³-hybridized carbons (Fsp3) is 0.400. The Bertz CT molecular complexity index is 911. The van der Waals surface area contributed by atoms with Gasteiger partial charge in [-0.05, 0) is 74.3 Å². The maximum Gasteiger partial charge on any atom is 0.249 e. The highest BCUT2D eigenvalue weighted by atomic mass is 19.1. The Balaban J connectivity index is 1.42. The molecule has 0 atom stereocenters. The molecule has 3 rings (SSSR count). The van der Waals surface area contributed by atoms with E-state index in [9.17, 15) is 9.18 Å². The van der Waals surface area contributed by atoms with Crippen LogP contribution in [0, 0.1) is 5.82 Å². The number of halogens is 1. The summed E-state index contributed by atoms with van der Waals surface area (Å²) in [5.41, 5.74) is 2.87. The van der Waals surface area contributed by atoms with E-state index in [0.29, 0.717) is 0 Å². The molecule has 1 aliphatic rings. The maximum absolute atomic E-state index is 13.0. The number of likely N-dealkylation sites (N-methyl/N-ethyl adjacent to an activating group) is 1. The molecule has 5 nitrogen and oxygen atoms in total. The quantitative estimate of drug-likeness (QED) is 0.538. The van der Waals surface area contributed by atoms with Crippen molar-refractivity contribution in [2.75, 3.05) is 47.4 Å². The van der Waals surface area contributed by atoms with E-state index in [1.807, 2.05) is 23.1 Å². The number of amides is 1. The van der Waals surface area contributed by atoms with Crippen molar-refractivity contribution in [3.63, 3.8) is 0 Å². The molecule has 0 N–H and O–H groups in total. The first-order valence-electron chi connectivity index (χ1n) is 10.6. The number of hydrogen-bond acceptors (Lipinski definition) is 4. The van der Waals surface area contributed by atoms with Gasteiger partial charge in [-0.1, -0.05) is 18.2 Å². The second-order valence-corrected chi connectivity index (χ2v) is 7.86. The van der Waals surface area contributed by atoms with E-state index in [-0.39, 0.29) is 11.7 Å². The van der Waals surface area contributed by atoms with Crippen molar-refractivity contribution in [2.45, 2.75) is 19.3 Å². The van der Waals surface area contributed by atoms with Crippen LogP contribution in [0.1, 0.15) is 24.0 Å². The number of carbonyl (C=O) groups is 1. The Morgan fingerprint density at radius 1 is 1.06 bits per heavy atom. The minimum absolute atomic E-state index is 0.0947. The molecule has 0 radical (unpaired) electrons. The highest BCUT2D eigenvalue weighted by molar-refractivity contribution is 5.99. The van der Waals surface area contributed by atoms with Crippen molar-refractivity contribution in [3.05, 3.63) is 65.0 Å². The van der Waals surface area contributed by atoms with Gasteiger partial charge in [0, 0.05) is 25.2 Å². The first kappa shape index (κ1) is 22.8. The van der Waals surface area contributed by atoms with Crippen molar-refractivity contribution < 1.29 is 18.7 Å². The average Bonchev–Trinajstić information content (AvgIpc) is 3.12. The van der Waals surface area contributed by atoms with Crippen LogP contribution in [0.25, 0.3) is 6.08 Å². The van der Waals surface area contributed by atoms with E-state index < -0.39 is 0 Å². The average molecular weight is 427 g/mol. The number of likely N-dealkylation sites (tertiary alicyclic amines) is 1. The summed E-state index contributed by atoms with van der Waals surface area (Å²) >= 11 is 0. The summed E-state index contributed by atoms with van der Waals surface area (Å²) in [6.07, 6.45) is 4.46. The van der Waals surface area contributed by atoms with Crippen LogP contribution in [-0.2, 0) is 11.2 Å². The lowest BCUT2D eigenvalue weighted by molar-refractivity contribution is -0.124. The third-order valence-electron chi connectivity index (χ3n) is 5.62. The van der Waals surface area contributed by atoms with E-state index >= 15 is 0 Å². The molecule has 0 aliphatic carbocycles. The second kappa shape index (κ2) is 11.0. The minimum atomic E-state index is -0.267. The molecule has 0 aromatic heterocycles. The minimum Gasteiger partial charge on any atom is -0.493 e. The second-order valence-electron chi connectivity index (χ2n) is 7.86. The van der Waals surface area contributed by atoms with E-state index in [1.165, 1.54) is 17.7 Å². The summed E-state index contributed by atoms with van der Waals surface area (Å²) in [7, 11) is 5.39. The molecule has 0 unspecified atom stereocenters. The van der Waals surface area contributed by atoms with Crippen molar-refractivity contribution in [2.24, 2.45) is 0 Å². The van der Waals surface area contributed by atoms with Gasteiger partial charge < -0.3 is 19.3 Å². The number of rotatable bonds is 10. The van der Waals surface area contributed by atoms with Gasteiger partial charge in [0.05, 0.1) is 14.2 Å². The van der Waals surface area contributed by atoms with Gasteiger partial charge >= 0.3 is 0 Å². The van der Waals surface area contributed by atoms with Crippen LogP contribution in [-0.4, -0.2) is 63.2 Å². The molecule has 1 saturated heterocycles. The molecule has 2 aromatic carbocycles. The number of benzene rings is 2. The predicted octanol–water partition coefficient (Wildman–Crippen LogP) is 4.02. The molecular formula is C25H31FN2O3. The molecule has 1 heterocycles. The fourth-order valence-electron chi connectivity index (χ4n) is 3.77. The molecule has 166 valence electrons. The van der Waals surface area contributed by atoms with Crippen LogP contribution < -0.4 is 9.47 Å². The maximum atomic E-state index is 13.0. The van der Waals surface area contributed by atoms with Gasteiger partial charge in [-0.15, -0.1) is 0 Å². The Kier molecular flexibility index (Phi) is 8.06. The number of methoxy groups -OCH3 is 2. The number of carbonyl (C=O) groups excluding carboxylic acids is 1. The molecule has 1 fully saturated rings. The lowest BCUT2D eigenvalue weighted by atomic mass is 10.1. The van der Waals surface area contributed by atoms with E-state index in [0.717, 1.165) is 68.1 Å². The molecule has 1 amide bonds. The lowest BCUT2D eigenvalue weighted by Crippen LogP contribution is -2.30. The Morgan fingerprint density at radius 2 is 1.81 bits per heavy atom. The molecule has 0 bridgehead atoms. The first-order valence-corrected chi connectivity index (χ1v) is 10.6. The van der Waals surface area contributed by atoms with Crippen molar-refractivity contribution in [1.29, 1.82) is 0 Å². The van der Waals surface area contributed by atoms with Crippen molar-refractivity contribution >= 4 is 12.0 Å². The van der Waals surface area contributed by atoms with Gasteiger partial charge in [-0.25, -0.2) is 4.39 Å². The first-order chi connectivity index (χ1) is 15.0. The molecule has 6 heteroatoms. The van der Waals surface area contributed by atoms with Crippen LogP contribution in [0.4, 0.5) is 4.39 Å². The Morgan fingerprint density at radius 3 is 2.52 bits per heavy atom. The Labute approximate surface area is 184 Å². The van der Waals surface area contributed by atoms with Crippen molar-refractivity contribution in [1.82, 2.24) is 9.80 Å². The standard InChI is InChI=1S/C25H31FN2O3/c1-27(15-11-20-7-10-23(30-2)24(18-20)31-3)13-4-14-28-16-12-21(25(28)29)17-19-5-8-22(26)9-6-19/h5-10,17-18H,4,11-16H2,1-3H3/b21-17+. The summed E-state index contributed by atoms with van der Waals surface area (Å²) in [6.45, 7) is 3.36. The smallest absolute Gasteiger partial charge is 0.249 e. The summed E-state index contributed by atoms with van der Waals surface area (Å²) in [5.74, 6) is 1.32. The SMILES string of the molecule is COc1ccc(CCN(C)CCCN2CC/C(=C\c3ccc(F)cc3)C2=O)cc1OC. The summed E-state index contributed by atoms with van der Waals surface area (Å²) < 4.78 is 23.7. The molecule has 0 spiro atoms. The zero-order valence-electron chi connectivity index (χ0n) is 18.6. The topological polar surface area (TPSA) is 42.0 Å². The number of hydrogen-bond donors (Lipinski definition) is 0. The monoisotopic (exact) mass is 426 g/mol. The molecular weight excluding hydrogens is 395 g/mol. The van der Waals surface area contributed by atoms with Gasteiger partial charge in [-0.2, -0.15) is 0 Å². The van der Waals surface area contributed by atoms with Crippen LogP contribution in [0.5, 0.6) is 11.5 Å². The van der Waals surface area contributed by atoms with Crippen LogP contribution in [0.15, 0.2) is 48.0 Å². The normalized spacial score (nSPS) is 15.2. The van der Waals surface area contributed by atoms with Crippen LogP contribution >= 0.6 is 0 Å². The van der Waals surface area contributed by atoms with Gasteiger partial charge in [0.15, 0.2) is 11.5 Å². The largest absolute Gasteiger partial charge is 0.493 e.